The van der Waals surface area contributed by atoms with Crippen LogP contribution in [0.5, 0.6) is 0 Å². The summed E-state index contributed by atoms with van der Waals surface area (Å²) in [4.78, 5) is 3.86. The molecule has 5 nitrogen and oxygen atoms in total. The molecule has 4 N–H and O–H groups in total. The lowest BCUT2D eigenvalue weighted by molar-refractivity contribution is -0.238. The van der Waals surface area contributed by atoms with Crippen LogP contribution in [0.25, 0.3) is 0 Å². The fourth-order valence-electron chi connectivity index (χ4n) is 2.64. The van der Waals surface area contributed by atoms with Crippen LogP contribution in [-0.2, 0) is 0 Å². The highest BCUT2D eigenvalue weighted by atomic mass is 32.2. The lowest BCUT2D eigenvalue weighted by atomic mass is 9.78. The Kier molecular flexibility index (Phi) is 5.01. The maximum absolute atomic E-state index is 12.6. The van der Waals surface area contributed by atoms with Crippen LogP contribution in [0.1, 0.15) is 6.42 Å². The zero-order chi connectivity index (χ0) is 15.8. The third-order valence-corrected chi connectivity index (χ3v) is 4.95. The zero-order valence-corrected chi connectivity index (χ0v) is 11.6. The number of nitrogens with one attached hydrogen (secondary N) is 1. The first-order chi connectivity index (χ1) is 9.75. The molecule has 10 heteroatoms. The first-order valence-corrected chi connectivity index (χ1v) is 7.28. The third-order valence-electron chi connectivity index (χ3n) is 3.70. The Balaban J connectivity index is 2.12. The molecule has 1 saturated heterocycles. The summed E-state index contributed by atoms with van der Waals surface area (Å²) < 4.78 is 49.8. The van der Waals surface area contributed by atoms with Crippen LogP contribution in [0.15, 0.2) is 4.99 Å². The van der Waals surface area contributed by atoms with E-state index in [4.69, 9.17) is 0 Å². The average molecular weight is 332 g/mol. The van der Waals surface area contributed by atoms with Gasteiger partial charge in [0.2, 0.25) is 0 Å². The molecule has 0 radical (unpaired) electrons. The summed E-state index contributed by atoms with van der Waals surface area (Å²) in [6.07, 6.45) is -10.8. The van der Waals surface area contributed by atoms with Crippen LogP contribution in [0, 0.1) is 5.92 Å². The third kappa shape index (κ3) is 3.43. The molecule has 1 aliphatic carbocycles. The first kappa shape index (κ1) is 16.8. The Morgan fingerprint density at radius 1 is 1.33 bits per heavy atom. The van der Waals surface area contributed by atoms with Crippen molar-refractivity contribution in [1.82, 2.24) is 5.32 Å². The van der Waals surface area contributed by atoms with Crippen molar-refractivity contribution in [3.63, 3.8) is 0 Å². The number of aliphatic hydroxyl groups excluding tert-OH is 3. The Morgan fingerprint density at radius 2 is 2.00 bits per heavy atom. The molecule has 0 aromatic carbocycles. The van der Waals surface area contributed by atoms with Gasteiger partial charge < -0.3 is 20.6 Å². The molecule has 2 fully saturated rings. The van der Waals surface area contributed by atoms with Gasteiger partial charge in [-0.3, -0.25) is 4.99 Å². The van der Waals surface area contributed by atoms with E-state index in [1.807, 2.05) is 0 Å². The highest BCUT2D eigenvalue weighted by Gasteiger charge is 2.55. The fraction of sp³-hybridized carbons (Fsp3) is 0.909. The molecule has 6 atom stereocenters. The van der Waals surface area contributed by atoms with Gasteiger partial charge in [-0.1, -0.05) is 11.8 Å². The van der Waals surface area contributed by atoms with Gasteiger partial charge in [0.05, 0.1) is 18.7 Å². The van der Waals surface area contributed by atoms with Crippen LogP contribution >= 0.6 is 11.8 Å². The number of fused-ring (bicyclic) bond motifs is 1. The minimum atomic E-state index is -4.86. The average Bonchev–Trinajstić information content (AvgIpc) is 2.82. The molecule has 2 aliphatic rings. The molecule has 21 heavy (non-hydrogen) atoms. The number of aliphatic hydroxyl groups is 3. The van der Waals surface area contributed by atoms with Gasteiger partial charge in [-0.25, -0.2) is 4.39 Å². The summed E-state index contributed by atoms with van der Waals surface area (Å²) in [6.45, 7) is -0.746. The standard InChI is InChI=1S/C11H16F4N2O3S/c12-1-2-16-10-17-6-5(21-10)3-4(7(18)8(6)19)9(20)11(13,14)15/h4-9,18-20H,1-3H2,(H,16,17)/t4-,5-,6-,7+,8+,9+/m0/s1. The number of nitrogens with zero attached hydrogens (tertiary/aromatic N) is 1. The quantitative estimate of drug-likeness (QED) is 0.549. The Hall–Kier alpha value is -0.580. The number of rotatable bonds is 3. The van der Waals surface area contributed by atoms with Gasteiger partial charge >= 0.3 is 6.18 Å². The van der Waals surface area contributed by atoms with E-state index in [-0.39, 0.29) is 13.0 Å². The number of alkyl halides is 4. The van der Waals surface area contributed by atoms with Crippen LogP contribution < -0.4 is 5.32 Å². The first-order valence-electron chi connectivity index (χ1n) is 6.40. The lowest BCUT2D eigenvalue weighted by Crippen LogP contribution is -2.59. The van der Waals surface area contributed by atoms with Crippen molar-refractivity contribution in [3.8, 4) is 0 Å². The largest absolute Gasteiger partial charge is 0.414 e. The van der Waals surface area contributed by atoms with E-state index >= 15 is 0 Å². The summed E-state index contributed by atoms with van der Waals surface area (Å²) in [5, 5.41) is 31.7. The van der Waals surface area contributed by atoms with Crippen molar-refractivity contribution in [2.75, 3.05) is 13.2 Å². The van der Waals surface area contributed by atoms with Crippen molar-refractivity contribution in [3.05, 3.63) is 0 Å². The van der Waals surface area contributed by atoms with Gasteiger partial charge in [0.25, 0.3) is 0 Å². The molecule has 0 aromatic rings. The molecule has 1 saturated carbocycles. The van der Waals surface area contributed by atoms with Crippen molar-refractivity contribution in [2.24, 2.45) is 10.9 Å². The topological polar surface area (TPSA) is 85.1 Å². The fourth-order valence-corrected chi connectivity index (χ4v) is 4.00. The molecule has 0 unspecified atom stereocenters. The Bertz CT molecular complexity index is 409. The van der Waals surface area contributed by atoms with E-state index in [1.54, 1.807) is 0 Å². The van der Waals surface area contributed by atoms with Gasteiger partial charge in [-0.2, -0.15) is 13.2 Å². The molecular weight excluding hydrogens is 316 g/mol. The maximum atomic E-state index is 12.6. The molecule has 0 amide bonds. The molecule has 2 rings (SSSR count). The molecule has 0 spiro atoms. The van der Waals surface area contributed by atoms with E-state index in [1.165, 1.54) is 0 Å². The smallest absolute Gasteiger partial charge is 0.390 e. The lowest BCUT2D eigenvalue weighted by Gasteiger charge is -2.41. The number of amidine groups is 1. The van der Waals surface area contributed by atoms with Gasteiger partial charge in [0.15, 0.2) is 11.3 Å². The number of aliphatic imine (C=N–C) groups is 1. The minimum absolute atomic E-state index is 0.0813. The normalized spacial score (nSPS) is 40.0. The summed E-state index contributed by atoms with van der Waals surface area (Å²) in [7, 11) is 0. The predicted molar refractivity (Wildman–Crippen MR) is 68.8 cm³/mol. The van der Waals surface area contributed by atoms with E-state index < -0.39 is 48.4 Å². The van der Waals surface area contributed by atoms with Crippen molar-refractivity contribution in [2.45, 2.75) is 42.2 Å². The van der Waals surface area contributed by atoms with E-state index in [9.17, 15) is 32.9 Å². The zero-order valence-electron chi connectivity index (χ0n) is 10.8. The molecular formula is C11H16F4N2O3S. The van der Waals surface area contributed by atoms with E-state index in [2.05, 4.69) is 10.3 Å². The van der Waals surface area contributed by atoms with Crippen molar-refractivity contribution >= 4 is 16.9 Å². The second kappa shape index (κ2) is 6.27. The van der Waals surface area contributed by atoms with Crippen LogP contribution in [-0.4, -0.2) is 69.5 Å². The van der Waals surface area contributed by atoms with Gasteiger partial charge in [-0.05, 0) is 6.42 Å². The van der Waals surface area contributed by atoms with Gasteiger partial charge in [0, 0.05) is 11.2 Å². The monoisotopic (exact) mass is 332 g/mol. The number of hydrogen-bond donors (Lipinski definition) is 4. The highest BCUT2D eigenvalue weighted by Crippen LogP contribution is 2.41. The molecule has 122 valence electrons. The molecule has 1 heterocycles. The van der Waals surface area contributed by atoms with Crippen LogP contribution in [0.2, 0.25) is 0 Å². The van der Waals surface area contributed by atoms with E-state index in [0.717, 1.165) is 11.8 Å². The number of hydrogen-bond acceptors (Lipinski definition) is 5. The molecule has 1 aliphatic heterocycles. The Labute approximate surface area is 122 Å². The highest BCUT2D eigenvalue weighted by molar-refractivity contribution is 8.14. The van der Waals surface area contributed by atoms with Crippen molar-refractivity contribution in [1.29, 1.82) is 0 Å². The predicted octanol–water partition coefficient (Wildman–Crippen LogP) is 0.0504. The second-order valence-corrected chi connectivity index (χ2v) is 6.30. The summed E-state index contributed by atoms with van der Waals surface area (Å²) >= 11 is 1.09. The summed E-state index contributed by atoms with van der Waals surface area (Å²) in [5.41, 5.74) is 0. The maximum Gasteiger partial charge on any atom is 0.414 e. The van der Waals surface area contributed by atoms with Crippen molar-refractivity contribution < 1.29 is 32.9 Å². The second-order valence-electron chi connectivity index (χ2n) is 5.07. The SMILES string of the molecule is O[C@H]1[C@H](O)[C@H]2NC(=NCCF)S[C@H]2C[C@@H]1[C@@H](O)C(F)(F)F. The summed E-state index contributed by atoms with van der Waals surface area (Å²) in [6, 6.07) is -0.667. The molecule has 0 aromatic heterocycles. The molecule has 0 bridgehead atoms. The number of halogens is 4. The van der Waals surface area contributed by atoms with E-state index in [0.29, 0.717) is 5.17 Å². The summed E-state index contributed by atoms with van der Waals surface area (Å²) in [5.74, 6) is -1.50. The minimum Gasteiger partial charge on any atom is -0.390 e. The number of thioether (sulfide) groups is 1. The van der Waals surface area contributed by atoms with Gasteiger partial charge in [-0.15, -0.1) is 0 Å². The van der Waals surface area contributed by atoms with Crippen LogP contribution in [0.3, 0.4) is 0 Å². The van der Waals surface area contributed by atoms with Gasteiger partial charge in [0.1, 0.15) is 12.8 Å². The Morgan fingerprint density at radius 3 is 2.57 bits per heavy atom. The van der Waals surface area contributed by atoms with Crippen LogP contribution in [0.4, 0.5) is 17.6 Å².